The third-order valence-electron chi connectivity index (χ3n) is 6.49. The van der Waals surface area contributed by atoms with Crippen LogP contribution in [-0.4, -0.2) is 70.1 Å². The van der Waals surface area contributed by atoms with Crippen molar-refractivity contribution in [1.82, 2.24) is 9.80 Å². The minimum atomic E-state index is -0.391. The van der Waals surface area contributed by atoms with Crippen LogP contribution in [-0.2, 0) is 11.3 Å². The van der Waals surface area contributed by atoms with Gasteiger partial charge in [-0.15, -0.1) is 0 Å². The highest BCUT2D eigenvalue weighted by atomic mass is 16.5. The summed E-state index contributed by atoms with van der Waals surface area (Å²) in [7, 11) is 3.16. The highest BCUT2D eigenvalue weighted by Crippen LogP contribution is 2.35. The summed E-state index contributed by atoms with van der Waals surface area (Å²) in [5, 5.41) is 0.863. The van der Waals surface area contributed by atoms with E-state index < -0.39 is 5.63 Å². The highest BCUT2D eigenvalue weighted by Gasteiger charge is 2.22. The fraction of sp³-hybridized carbons (Fsp3) is 0.423. The highest BCUT2D eigenvalue weighted by molar-refractivity contribution is 5.86. The molecule has 0 saturated carbocycles. The van der Waals surface area contributed by atoms with Crippen LogP contribution in [0.5, 0.6) is 17.2 Å². The SMILES string of the molecule is COc1ccc(-c2cc3ccc4c(c3oc2=O)CN(CCCN2CCOCC2)CO4)cc1OC. The van der Waals surface area contributed by atoms with Crippen LogP contribution in [0.3, 0.4) is 0 Å². The maximum Gasteiger partial charge on any atom is 0.344 e. The Kier molecular flexibility index (Phi) is 6.71. The topological polar surface area (TPSA) is 73.6 Å². The number of morpholine rings is 1. The summed E-state index contributed by atoms with van der Waals surface area (Å²) in [5.74, 6) is 1.95. The number of hydrogen-bond donors (Lipinski definition) is 0. The van der Waals surface area contributed by atoms with Crippen LogP contribution >= 0.6 is 0 Å². The summed E-state index contributed by atoms with van der Waals surface area (Å²) in [5.41, 5.74) is 2.31. The molecule has 0 unspecified atom stereocenters. The summed E-state index contributed by atoms with van der Waals surface area (Å²) in [6.07, 6.45) is 1.05. The zero-order valence-electron chi connectivity index (χ0n) is 19.7. The third kappa shape index (κ3) is 4.61. The maximum absolute atomic E-state index is 13.0. The second-order valence-corrected chi connectivity index (χ2v) is 8.61. The molecule has 5 rings (SSSR count). The first kappa shape index (κ1) is 22.7. The van der Waals surface area contributed by atoms with Crippen molar-refractivity contribution in [2.45, 2.75) is 13.0 Å². The van der Waals surface area contributed by atoms with Crippen molar-refractivity contribution in [2.75, 3.05) is 60.3 Å². The second-order valence-electron chi connectivity index (χ2n) is 8.61. The van der Waals surface area contributed by atoms with Gasteiger partial charge in [-0.3, -0.25) is 9.80 Å². The largest absolute Gasteiger partial charge is 0.493 e. The van der Waals surface area contributed by atoms with Gasteiger partial charge in [0.25, 0.3) is 0 Å². The Labute approximate surface area is 198 Å². The number of hydrogen-bond acceptors (Lipinski definition) is 8. The Balaban J connectivity index is 1.37. The van der Waals surface area contributed by atoms with E-state index in [1.165, 1.54) is 0 Å². The molecule has 0 spiro atoms. The van der Waals surface area contributed by atoms with Crippen molar-refractivity contribution >= 4 is 11.0 Å². The lowest BCUT2D eigenvalue weighted by molar-refractivity contribution is 0.0330. The first-order valence-corrected chi connectivity index (χ1v) is 11.6. The minimum Gasteiger partial charge on any atom is -0.493 e. The molecule has 180 valence electrons. The lowest BCUT2D eigenvalue weighted by Crippen LogP contribution is -2.39. The quantitative estimate of drug-likeness (QED) is 0.491. The number of benzene rings is 2. The molecule has 1 aromatic heterocycles. The van der Waals surface area contributed by atoms with E-state index in [2.05, 4.69) is 9.80 Å². The molecule has 3 aromatic rings. The van der Waals surface area contributed by atoms with Crippen LogP contribution in [0.4, 0.5) is 0 Å². The fourth-order valence-electron chi connectivity index (χ4n) is 4.63. The van der Waals surface area contributed by atoms with E-state index in [9.17, 15) is 4.79 Å². The molecule has 2 aromatic carbocycles. The van der Waals surface area contributed by atoms with Crippen molar-refractivity contribution < 1.29 is 23.4 Å². The molecule has 8 heteroatoms. The van der Waals surface area contributed by atoms with Crippen molar-refractivity contribution in [2.24, 2.45) is 0 Å². The van der Waals surface area contributed by atoms with Crippen LogP contribution in [0.2, 0.25) is 0 Å². The van der Waals surface area contributed by atoms with Crippen molar-refractivity contribution in [1.29, 1.82) is 0 Å². The average molecular weight is 467 g/mol. The lowest BCUT2D eigenvalue weighted by Gasteiger charge is -2.31. The van der Waals surface area contributed by atoms with Gasteiger partial charge >= 0.3 is 5.63 Å². The van der Waals surface area contributed by atoms with Crippen molar-refractivity contribution in [3.8, 4) is 28.4 Å². The zero-order chi connectivity index (χ0) is 23.5. The lowest BCUT2D eigenvalue weighted by atomic mass is 10.0. The predicted octanol–water partition coefficient (Wildman–Crippen LogP) is 3.35. The fourth-order valence-corrected chi connectivity index (χ4v) is 4.63. The van der Waals surface area contributed by atoms with Gasteiger partial charge in [0.15, 0.2) is 11.5 Å². The molecule has 0 N–H and O–H groups in total. The van der Waals surface area contributed by atoms with E-state index in [4.69, 9.17) is 23.4 Å². The van der Waals surface area contributed by atoms with Gasteiger partial charge in [-0.1, -0.05) is 6.07 Å². The minimum absolute atomic E-state index is 0.391. The zero-order valence-corrected chi connectivity index (χ0v) is 19.7. The monoisotopic (exact) mass is 466 g/mol. The summed E-state index contributed by atoms with van der Waals surface area (Å²) < 4.78 is 28.0. The van der Waals surface area contributed by atoms with E-state index in [-0.39, 0.29) is 0 Å². The average Bonchev–Trinajstić information content (AvgIpc) is 2.88. The smallest absolute Gasteiger partial charge is 0.344 e. The summed E-state index contributed by atoms with van der Waals surface area (Å²) in [4.78, 5) is 17.7. The number of methoxy groups -OCH3 is 2. The van der Waals surface area contributed by atoms with Gasteiger partial charge in [-0.25, -0.2) is 4.79 Å². The second kappa shape index (κ2) is 10.0. The summed E-state index contributed by atoms with van der Waals surface area (Å²) in [6, 6.07) is 11.2. The Hall–Kier alpha value is -3.07. The van der Waals surface area contributed by atoms with Gasteiger partial charge < -0.3 is 23.4 Å². The number of ether oxygens (including phenoxy) is 4. The molecule has 0 atom stereocenters. The summed E-state index contributed by atoms with van der Waals surface area (Å²) >= 11 is 0. The molecule has 34 heavy (non-hydrogen) atoms. The molecule has 2 aliphatic rings. The molecular formula is C26H30N2O6. The predicted molar refractivity (Wildman–Crippen MR) is 129 cm³/mol. The van der Waals surface area contributed by atoms with Crippen LogP contribution < -0.4 is 19.8 Å². The molecule has 1 fully saturated rings. The van der Waals surface area contributed by atoms with Gasteiger partial charge in [0.05, 0.1) is 38.6 Å². The van der Waals surface area contributed by atoms with Gasteiger partial charge in [0, 0.05) is 31.6 Å². The molecule has 0 bridgehead atoms. The standard InChI is InChI=1S/C26H30N2O6/c1-30-23-7-4-18(15-24(23)31-2)20-14-19-5-6-22-21(25(19)34-26(20)29)16-28(17-33-22)9-3-8-27-10-12-32-13-11-27/h4-7,14-15H,3,8-13,16-17H2,1-2H3. The van der Waals surface area contributed by atoms with E-state index in [1.807, 2.05) is 24.3 Å². The molecule has 0 amide bonds. The molecular weight excluding hydrogens is 436 g/mol. The van der Waals surface area contributed by atoms with Gasteiger partial charge in [0.2, 0.25) is 0 Å². The Morgan fingerprint density at radius 1 is 0.941 bits per heavy atom. The maximum atomic E-state index is 13.0. The van der Waals surface area contributed by atoms with Crippen LogP contribution in [0.15, 0.2) is 45.6 Å². The summed E-state index contributed by atoms with van der Waals surface area (Å²) in [6.45, 7) is 6.82. The van der Waals surface area contributed by atoms with Crippen molar-refractivity contribution in [3.63, 3.8) is 0 Å². The normalized spacial score (nSPS) is 16.8. The van der Waals surface area contributed by atoms with Crippen LogP contribution in [0.25, 0.3) is 22.1 Å². The number of nitrogens with zero attached hydrogens (tertiary/aromatic N) is 2. The van der Waals surface area contributed by atoms with Gasteiger partial charge in [-0.2, -0.15) is 0 Å². The Bertz CT molecular complexity index is 1220. The molecule has 0 radical (unpaired) electrons. The molecule has 1 saturated heterocycles. The van der Waals surface area contributed by atoms with Crippen LogP contribution in [0.1, 0.15) is 12.0 Å². The van der Waals surface area contributed by atoms with Crippen molar-refractivity contribution in [3.05, 3.63) is 52.4 Å². The molecule has 2 aliphatic heterocycles. The molecule has 0 aliphatic carbocycles. The Morgan fingerprint density at radius 2 is 1.74 bits per heavy atom. The van der Waals surface area contributed by atoms with E-state index in [0.717, 1.165) is 62.5 Å². The molecule has 8 nitrogen and oxygen atoms in total. The van der Waals surface area contributed by atoms with E-state index >= 15 is 0 Å². The van der Waals surface area contributed by atoms with Gasteiger partial charge in [0.1, 0.15) is 18.1 Å². The first-order chi connectivity index (χ1) is 16.7. The molecule has 3 heterocycles. The van der Waals surface area contributed by atoms with E-state index in [0.29, 0.717) is 41.5 Å². The van der Waals surface area contributed by atoms with Crippen LogP contribution in [0, 0.1) is 0 Å². The Morgan fingerprint density at radius 3 is 2.53 bits per heavy atom. The first-order valence-electron chi connectivity index (χ1n) is 11.6. The third-order valence-corrected chi connectivity index (χ3v) is 6.49. The number of fused-ring (bicyclic) bond motifs is 3. The van der Waals surface area contributed by atoms with E-state index in [1.54, 1.807) is 26.4 Å². The van der Waals surface area contributed by atoms with Gasteiger partial charge in [-0.05, 0) is 48.9 Å². The number of rotatable bonds is 7.